The zero-order chi connectivity index (χ0) is 25.9. The number of benzene rings is 2. The molecule has 4 rings (SSSR count). The standard InChI is InChI=1S/C25H25ClFN3O5S/c1-16-24(28-15-29-25(16)35-23-8-7-18(13-21(23)27)36(2,32)33)34-17-9-11-30(12-10-17)22(14-31)19-5-3-4-6-20(19)26/h3-8,13-15,17,22H,9-12H2,1-2H3. The van der Waals surface area contributed by atoms with Gasteiger partial charge in [-0.2, -0.15) is 0 Å². The Labute approximate surface area is 214 Å². The van der Waals surface area contributed by atoms with Gasteiger partial charge < -0.3 is 14.3 Å². The van der Waals surface area contributed by atoms with Crippen LogP contribution in [-0.4, -0.2) is 55.0 Å². The van der Waals surface area contributed by atoms with Gasteiger partial charge in [0.2, 0.25) is 11.8 Å². The average molecular weight is 534 g/mol. The molecule has 11 heteroatoms. The third-order valence-corrected chi connectivity index (χ3v) is 7.49. The lowest BCUT2D eigenvalue weighted by Crippen LogP contribution is -2.41. The van der Waals surface area contributed by atoms with Crippen molar-refractivity contribution < 1.29 is 27.1 Å². The summed E-state index contributed by atoms with van der Waals surface area (Å²) in [7, 11) is -3.55. The molecule has 1 aliphatic heterocycles. The Balaban J connectivity index is 1.42. The number of nitrogens with zero attached hydrogens (tertiary/aromatic N) is 3. The van der Waals surface area contributed by atoms with Gasteiger partial charge in [0.05, 0.1) is 16.5 Å². The van der Waals surface area contributed by atoms with Crippen molar-refractivity contribution in [3.8, 4) is 17.5 Å². The molecule has 1 saturated heterocycles. The van der Waals surface area contributed by atoms with Crippen molar-refractivity contribution in [2.75, 3.05) is 19.3 Å². The van der Waals surface area contributed by atoms with E-state index in [1.165, 1.54) is 18.5 Å². The van der Waals surface area contributed by atoms with Crippen LogP contribution in [0.5, 0.6) is 17.5 Å². The number of hydrogen-bond acceptors (Lipinski definition) is 8. The van der Waals surface area contributed by atoms with Gasteiger partial charge >= 0.3 is 0 Å². The van der Waals surface area contributed by atoms with E-state index >= 15 is 0 Å². The summed E-state index contributed by atoms with van der Waals surface area (Å²) in [6.45, 7) is 2.96. The molecule has 0 N–H and O–H groups in total. The third-order valence-electron chi connectivity index (χ3n) is 6.03. The average Bonchev–Trinajstić information content (AvgIpc) is 2.84. The molecule has 1 aliphatic rings. The minimum absolute atomic E-state index is 0.100. The number of rotatable bonds is 8. The van der Waals surface area contributed by atoms with Crippen molar-refractivity contribution in [2.24, 2.45) is 0 Å². The molecule has 1 fully saturated rings. The van der Waals surface area contributed by atoms with Crippen LogP contribution < -0.4 is 9.47 Å². The summed E-state index contributed by atoms with van der Waals surface area (Å²) >= 11 is 6.29. The van der Waals surface area contributed by atoms with Gasteiger partial charge in [-0.25, -0.2) is 22.8 Å². The molecule has 0 radical (unpaired) electrons. The van der Waals surface area contributed by atoms with E-state index in [0.717, 1.165) is 24.2 Å². The molecular formula is C25H25ClFN3O5S. The summed E-state index contributed by atoms with van der Waals surface area (Å²) in [6, 6.07) is 10.3. The van der Waals surface area contributed by atoms with Crippen molar-refractivity contribution in [2.45, 2.75) is 36.8 Å². The maximum Gasteiger partial charge on any atom is 0.229 e. The molecule has 0 amide bonds. The molecule has 0 bridgehead atoms. The van der Waals surface area contributed by atoms with Gasteiger partial charge in [0.1, 0.15) is 18.7 Å². The van der Waals surface area contributed by atoms with Gasteiger partial charge in [0.15, 0.2) is 21.4 Å². The first kappa shape index (κ1) is 26.0. The first-order chi connectivity index (χ1) is 17.2. The number of aromatic nitrogens is 2. The van der Waals surface area contributed by atoms with Crippen molar-refractivity contribution in [3.63, 3.8) is 0 Å². The summed E-state index contributed by atoms with van der Waals surface area (Å²) in [5.41, 5.74) is 1.26. The number of hydrogen-bond donors (Lipinski definition) is 0. The fraction of sp³-hybridized carbons (Fsp3) is 0.320. The first-order valence-electron chi connectivity index (χ1n) is 11.3. The second kappa shape index (κ2) is 10.9. The summed E-state index contributed by atoms with van der Waals surface area (Å²) in [4.78, 5) is 22.0. The Bertz CT molecular complexity index is 1360. The van der Waals surface area contributed by atoms with E-state index in [1.54, 1.807) is 13.0 Å². The number of ether oxygens (including phenoxy) is 2. The lowest BCUT2D eigenvalue weighted by atomic mass is 10.0. The number of halogens is 2. The van der Waals surface area contributed by atoms with Crippen LogP contribution in [0.1, 0.15) is 30.0 Å². The van der Waals surface area contributed by atoms with E-state index in [0.29, 0.717) is 42.4 Å². The van der Waals surface area contributed by atoms with Crippen LogP contribution in [0.25, 0.3) is 0 Å². The van der Waals surface area contributed by atoms with Crippen molar-refractivity contribution in [1.82, 2.24) is 14.9 Å². The van der Waals surface area contributed by atoms with E-state index < -0.39 is 21.7 Å². The van der Waals surface area contributed by atoms with E-state index in [1.807, 2.05) is 18.2 Å². The number of piperidine rings is 1. The molecule has 190 valence electrons. The molecule has 1 atom stereocenters. The Hall–Kier alpha value is -3.08. The van der Waals surface area contributed by atoms with Gasteiger partial charge in [-0.3, -0.25) is 4.90 Å². The Kier molecular flexibility index (Phi) is 7.87. The lowest BCUT2D eigenvalue weighted by Gasteiger charge is -2.35. The summed E-state index contributed by atoms with van der Waals surface area (Å²) in [5, 5.41) is 0.555. The molecule has 0 saturated carbocycles. The second-order valence-electron chi connectivity index (χ2n) is 8.53. The van der Waals surface area contributed by atoms with E-state index in [4.69, 9.17) is 21.1 Å². The zero-order valence-electron chi connectivity index (χ0n) is 19.7. The van der Waals surface area contributed by atoms with Gasteiger partial charge in [-0.15, -0.1) is 0 Å². The quantitative estimate of drug-likeness (QED) is 0.389. The highest BCUT2D eigenvalue weighted by Crippen LogP contribution is 2.33. The molecule has 3 aromatic rings. The van der Waals surface area contributed by atoms with E-state index in [2.05, 4.69) is 14.9 Å². The van der Waals surface area contributed by atoms with Gasteiger partial charge in [-0.1, -0.05) is 29.8 Å². The third kappa shape index (κ3) is 5.83. The fourth-order valence-corrected chi connectivity index (χ4v) is 4.92. The van der Waals surface area contributed by atoms with Crippen LogP contribution in [0.3, 0.4) is 0 Å². The van der Waals surface area contributed by atoms with E-state index in [-0.39, 0.29) is 22.6 Å². The Morgan fingerprint density at radius 1 is 1.14 bits per heavy atom. The lowest BCUT2D eigenvalue weighted by molar-refractivity contribution is -0.113. The zero-order valence-corrected chi connectivity index (χ0v) is 21.3. The second-order valence-corrected chi connectivity index (χ2v) is 11.0. The minimum Gasteiger partial charge on any atom is -0.474 e. The maximum atomic E-state index is 14.4. The number of carbonyl (C=O) groups is 1. The first-order valence-corrected chi connectivity index (χ1v) is 13.5. The van der Waals surface area contributed by atoms with Gasteiger partial charge in [-0.05, 0) is 49.6 Å². The maximum absolute atomic E-state index is 14.4. The number of likely N-dealkylation sites (tertiary alicyclic amines) is 1. The summed E-state index contributed by atoms with van der Waals surface area (Å²) in [5.74, 6) is -0.579. The molecule has 0 spiro atoms. The van der Waals surface area contributed by atoms with Gasteiger partial charge in [0.25, 0.3) is 0 Å². The Morgan fingerprint density at radius 2 is 1.83 bits per heavy atom. The molecule has 2 aromatic carbocycles. The molecule has 0 aliphatic carbocycles. The molecule has 1 unspecified atom stereocenters. The fourth-order valence-electron chi connectivity index (χ4n) is 4.04. The van der Waals surface area contributed by atoms with Crippen LogP contribution in [0.2, 0.25) is 5.02 Å². The van der Waals surface area contributed by atoms with Crippen LogP contribution in [0.4, 0.5) is 4.39 Å². The molecule has 36 heavy (non-hydrogen) atoms. The molecule has 1 aromatic heterocycles. The number of sulfone groups is 1. The highest BCUT2D eigenvalue weighted by molar-refractivity contribution is 7.90. The monoisotopic (exact) mass is 533 g/mol. The van der Waals surface area contributed by atoms with Gasteiger partial charge in [0, 0.05) is 24.4 Å². The normalized spacial score (nSPS) is 15.9. The highest BCUT2D eigenvalue weighted by Gasteiger charge is 2.28. The summed E-state index contributed by atoms with van der Waals surface area (Å²) < 4.78 is 49.4. The van der Waals surface area contributed by atoms with E-state index in [9.17, 15) is 17.6 Å². The minimum atomic E-state index is -3.55. The topological polar surface area (TPSA) is 98.7 Å². The Morgan fingerprint density at radius 3 is 2.47 bits per heavy atom. The predicted octanol–water partition coefficient (Wildman–Crippen LogP) is 4.56. The van der Waals surface area contributed by atoms with Crippen molar-refractivity contribution in [1.29, 1.82) is 0 Å². The van der Waals surface area contributed by atoms with Crippen molar-refractivity contribution >= 4 is 27.7 Å². The van der Waals surface area contributed by atoms with Crippen LogP contribution >= 0.6 is 11.6 Å². The van der Waals surface area contributed by atoms with Crippen LogP contribution in [0.15, 0.2) is 53.7 Å². The SMILES string of the molecule is Cc1c(Oc2ccc(S(C)(=O)=O)cc2F)ncnc1OC1CCN(C(C=O)c2ccccc2Cl)CC1. The molecular weight excluding hydrogens is 509 g/mol. The van der Waals surface area contributed by atoms with Crippen molar-refractivity contribution in [3.05, 3.63) is 70.8 Å². The summed E-state index contributed by atoms with van der Waals surface area (Å²) in [6.07, 6.45) is 4.34. The molecule has 2 heterocycles. The molecule has 8 nitrogen and oxygen atoms in total. The number of aldehydes is 1. The smallest absolute Gasteiger partial charge is 0.229 e. The highest BCUT2D eigenvalue weighted by atomic mass is 35.5. The van der Waals surface area contributed by atoms with Crippen LogP contribution in [0, 0.1) is 12.7 Å². The number of carbonyl (C=O) groups excluding carboxylic acids is 1. The largest absolute Gasteiger partial charge is 0.474 e. The predicted molar refractivity (Wildman–Crippen MR) is 132 cm³/mol. The van der Waals surface area contributed by atoms with Crippen LogP contribution in [-0.2, 0) is 14.6 Å².